The highest BCUT2D eigenvalue weighted by molar-refractivity contribution is 6.03. The number of amides is 2. The number of nitrogens with one attached hydrogen (secondary N) is 2. The summed E-state index contributed by atoms with van der Waals surface area (Å²) in [4.78, 5) is 38.2. The molecule has 0 bridgehead atoms. The van der Waals surface area contributed by atoms with E-state index in [9.17, 15) is 19.7 Å². The van der Waals surface area contributed by atoms with E-state index in [-0.39, 0.29) is 43.0 Å². The Morgan fingerprint density at radius 3 is 2.67 bits per heavy atom. The van der Waals surface area contributed by atoms with Gasteiger partial charge < -0.3 is 31.0 Å². The van der Waals surface area contributed by atoms with Gasteiger partial charge >= 0.3 is 5.82 Å². The molecule has 0 saturated heterocycles. The van der Waals surface area contributed by atoms with Gasteiger partial charge in [-0.15, -0.1) is 12.4 Å². The molecule has 0 aliphatic rings. The molecule has 0 saturated carbocycles. The molecule has 27 heavy (non-hydrogen) atoms. The summed E-state index contributed by atoms with van der Waals surface area (Å²) in [5.41, 5.74) is 6.09. The Morgan fingerprint density at radius 2 is 2.04 bits per heavy atom. The normalized spacial score (nSPS) is 10.0. The summed E-state index contributed by atoms with van der Waals surface area (Å²) in [5.74, 6) is -0.455. The molecule has 2 aromatic rings. The number of imidazole rings is 1. The van der Waals surface area contributed by atoms with Crippen LogP contribution in [0.2, 0.25) is 0 Å². The molecule has 1 heterocycles. The number of rotatable bonds is 8. The molecule has 2 rings (SSSR count). The number of anilines is 1. The minimum absolute atomic E-state index is 0. The molecular formula is C16H21ClN6O4. The first-order chi connectivity index (χ1) is 12.4. The third kappa shape index (κ3) is 6.04. The van der Waals surface area contributed by atoms with Crippen molar-refractivity contribution in [1.29, 1.82) is 0 Å². The van der Waals surface area contributed by atoms with Crippen molar-refractivity contribution in [1.82, 2.24) is 14.9 Å². The van der Waals surface area contributed by atoms with Gasteiger partial charge in [0.1, 0.15) is 6.20 Å². The molecule has 0 radical (unpaired) electrons. The van der Waals surface area contributed by atoms with E-state index in [1.54, 1.807) is 31.2 Å². The summed E-state index contributed by atoms with van der Waals surface area (Å²) in [6, 6.07) is 6.63. The van der Waals surface area contributed by atoms with E-state index in [4.69, 9.17) is 5.73 Å². The first-order valence-electron chi connectivity index (χ1n) is 7.97. The summed E-state index contributed by atoms with van der Waals surface area (Å²) in [6.07, 6.45) is 1.37. The van der Waals surface area contributed by atoms with Crippen LogP contribution in [0.25, 0.3) is 0 Å². The number of hydrogen-bond acceptors (Lipinski definition) is 6. The van der Waals surface area contributed by atoms with Gasteiger partial charge in [-0.05, 0) is 22.0 Å². The Morgan fingerprint density at radius 1 is 1.33 bits per heavy atom. The van der Waals surface area contributed by atoms with Crippen molar-refractivity contribution < 1.29 is 14.5 Å². The maximum atomic E-state index is 12.2. The van der Waals surface area contributed by atoms with Crippen LogP contribution in [0, 0.1) is 17.0 Å². The second kappa shape index (κ2) is 10.2. The predicted octanol–water partition coefficient (Wildman–Crippen LogP) is 1.24. The topological polar surface area (TPSA) is 145 Å². The van der Waals surface area contributed by atoms with E-state index in [0.29, 0.717) is 30.2 Å². The van der Waals surface area contributed by atoms with Crippen LogP contribution in [-0.4, -0.2) is 39.4 Å². The Kier molecular flexibility index (Phi) is 8.36. The Labute approximate surface area is 161 Å². The maximum Gasteiger partial charge on any atom is 0.381 e. The van der Waals surface area contributed by atoms with Gasteiger partial charge in [0, 0.05) is 33.0 Å². The molecule has 1 aromatic heterocycles. The molecule has 0 fully saturated rings. The summed E-state index contributed by atoms with van der Waals surface area (Å²) in [7, 11) is 0. The number of nitro groups is 1. The lowest BCUT2D eigenvalue weighted by Crippen LogP contribution is -2.30. The Balaban J connectivity index is 0.00000364. The first-order valence-corrected chi connectivity index (χ1v) is 7.97. The standard InChI is InChI=1S/C16H20N6O4.ClH/c1-11-19-14(22(25)26)10-21(11)9-6-15(23)20-13-5-3-2-4-12(13)16(24)18-8-7-17;/h2-5,10H,6-9,17H2,1H3,(H,18,24)(H,20,23);1H. The average Bonchev–Trinajstić information content (AvgIpc) is 2.99. The fourth-order valence-electron chi connectivity index (χ4n) is 2.31. The Hall–Kier alpha value is -2.98. The third-order valence-corrected chi connectivity index (χ3v) is 3.61. The summed E-state index contributed by atoms with van der Waals surface area (Å²) in [5, 5.41) is 16.1. The second-order valence-corrected chi connectivity index (χ2v) is 5.49. The zero-order valence-electron chi connectivity index (χ0n) is 14.7. The minimum atomic E-state index is -0.584. The fraction of sp³-hybridized carbons (Fsp3) is 0.312. The number of carbonyl (C=O) groups excluding carboxylic acids is 2. The number of aryl methyl sites for hydroxylation is 2. The molecule has 0 aliphatic heterocycles. The number of carbonyl (C=O) groups is 2. The van der Waals surface area contributed by atoms with Crippen LogP contribution in [-0.2, 0) is 11.3 Å². The van der Waals surface area contributed by atoms with Crippen LogP contribution >= 0.6 is 12.4 Å². The lowest BCUT2D eigenvalue weighted by Gasteiger charge is -2.11. The van der Waals surface area contributed by atoms with Crippen molar-refractivity contribution in [2.24, 2.45) is 5.73 Å². The van der Waals surface area contributed by atoms with Gasteiger partial charge in [-0.2, -0.15) is 0 Å². The predicted molar refractivity (Wildman–Crippen MR) is 102 cm³/mol. The molecule has 0 unspecified atom stereocenters. The van der Waals surface area contributed by atoms with Crippen molar-refractivity contribution in [2.45, 2.75) is 19.9 Å². The molecule has 0 aliphatic carbocycles. The molecule has 11 heteroatoms. The lowest BCUT2D eigenvalue weighted by atomic mass is 10.1. The quantitative estimate of drug-likeness (QED) is 0.452. The number of para-hydroxylation sites is 1. The average molecular weight is 397 g/mol. The van der Waals surface area contributed by atoms with E-state index < -0.39 is 4.92 Å². The smallest absolute Gasteiger partial charge is 0.358 e. The van der Waals surface area contributed by atoms with E-state index in [1.807, 2.05) is 0 Å². The molecule has 10 nitrogen and oxygen atoms in total. The zero-order valence-corrected chi connectivity index (χ0v) is 15.5. The third-order valence-electron chi connectivity index (χ3n) is 3.61. The highest BCUT2D eigenvalue weighted by atomic mass is 35.5. The summed E-state index contributed by atoms with van der Waals surface area (Å²) < 4.78 is 1.54. The lowest BCUT2D eigenvalue weighted by molar-refractivity contribution is -0.389. The second-order valence-electron chi connectivity index (χ2n) is 5.49. The zero-order chi connectivity index (χ0) is 19.1. The van der Waals surface area contributed by atoms with Crippen LogP contribution in [0.3, 0.4) is 0 Å². The van der Waals surface area contributed by atoms with Gasteiger partial charge in [-0.1, -0.05) is 12.1 Å². The van der Waals surface area contributed by atoms with E-state index in [0.717, 1.165) is 0 Å². The van der Waals surface area contributed by atoms with Gasteiger partial charge in [-0.25, -0.2) is 0 Å². The van der Waals surface area contributed by atoms with E-state index in [1.165, 1.54) is 10.8 Å². The number of benzene rings is 1. The minimum Gasteiger partial charge on any atom is -0.358 e. The van der Waals surface area contributed by atoms with Gasteiger partial charge in [-0.3, -0.25) is 9.59 Å². The van der Waals surface area contributed by atoms with Crippen molar-refractivity contribution in [2.75, 3.05) is 18.4 Å². The highest BCUT2D eigenvalue weighted by Crippen LogP contribution is 2.16. The van der Waals surface area contributed by atoms with Crippen molar-refractivity contribution >= 4 is 35.7 Å². The van der Waals surface area contributed by atoms with Gasteiger partial charge in [0.15, 0.2) is 0 Å². The Bertz CT molecular complexity index is 823. The van der Waals surface area contributed by atoms with Crippen molar-refractivity contribution in [3.05, 3.63) is 52.0 Å². The molecule has 1 aromatic carbocycles. The van der Waals surface area contributed by atoms with Crippen molar-refractivity contribution in [3.8, 4) is 0 Å². The fourth-order valence-corrected chi connectivity index (χ4v) is 2.31. The van der Waals surface area contributed by atoms with Gasteiger partial charge in [0.2, 0.25) is 11.7 Å². The largest absolute Gasteiger partial charge is 0.381 e. The molecule has 2 amide bonds. The monoisotopic (exact) mass is 396 g/mol. The molecule has 0 spiro atoms. The maximum absolute atomic E-state index is 12.2. The van der Waals surface area contributed by atoms with Crippen LogP contribution in [0.1, 0.15) is 22.6 Å². The summed E-state index contributed by atoms with van der Waals surface area (Å²) in [6.45, 7) is 2.51. The van der Waals surface area contributed by atoms with Crippen LogP contribution in [0.15, 0.2) is 30.5 Å². The van der Waals surface area contributed by atoms with Gasteiger partial charge in [0.05, 0.1) is 11.3 Å². The highest BCUT2D eigenvalue weighted by Gasteiger charge is 2.16. The number of halogens is 1. The van der Waals surface area contributed by atoms with Gasteiger partial charge in [0.25, 0.3) is 5.91 Å². The summed E-state index contributed by atoms with van der Waals surface area (Å²) >= 11 is 0. The first kappa shape index (κ1) is 22.1. The molecule has 0 atom stereocenters. The SMILES string of the molecule is Cc1nc([N+](=O)[O-])cn1CCC(=O)Nc1ccccc1C(=O)NCCN.Cl. The van der Waals surface area contributed by atoms with Crippen LogP contribution < -0.4 is 16.4 Å². The van der Waals surface area contributed by atoms with Crippen molar-refractivity contribution in [3.63, 3.8) is 0 Å². The van der Waals surface area contributed by atoms with E-state index >= 15 is 0 Å². The van der Waals surface area contributed by atoms with E-state index in [2.05, 4.69) is 15.6 Å². The number of nitrogens with two attached hydrogens (primary N) is 1. The van der Waals surface area contributed by atoms with Crippen LogP contribution in [0.4, 0.5) is 11.5 Å². The number of nitrogens with zero attached hydrogens (tertiary/aromatic N) is 3. The molecule has 4 N–H and O–H groups in total. The number of hydrogen-bond donors (Lipinski definition) is 3. The molecule has 146 valence electrons. The molecular weight excluding hydrogens is 376 g/mol. The number of aromatic nitrogens is 2. The van der Waals surface area contributed by atoms with Crippen LogP contribution in [0.5, 0.6) is 0 Å².